The Morgan fingerprint density at radius 2 is 1.93 bits per heavy atom. The van der Waals surface area contributed by atoms with Gasteiger partial charge >= 0.3 is 0 Å². The molecular formula is C20H20N4O3. The summed E-state index contributed by atoms with van der Waals surface area (Å²) in [5.41, 5.74) is 8.07. The average molecular weight is 364 g/mol. The third kappa shape index (κ3) is 3.67. The summed E-state index contributed by atoms with van der Waals surface area (Å²) in [5.74, 6) is -0.0792. The zero-order chi connectivity index (χ0) is 19.6. The fourth-order valence-electron chi connectivity index (χ4n) is 2.73. The van der Waals surface area contributed by atoms with Crippen LogP contribution >= 0.6 is 0 Å². The van der Waals surface area contributed by atoms with Gasteiger partial charge in [0, 0.05) is 43.0 Å². The van der Waals surface area contributed by atoms with Crippen molar-refractivity contribution in [1.29, 1.82) is 0 Å². The molecule has 138 valence electrons. The van der Waals surface area contributed by atoms with Gasteiger partial charge in [-0.1, -0.05) is 6.07 Å². The van der Waals surface area contributed by atoms with Crippen LogP contribution in [0, 0.1) is 0 Å². The number of carbonyl (C=O) groups excluding carboxylic acids is 2. The van der Waals surface area contributed by atoms with Crippen LogP contribution < -0.4 is 15.8 Å². The molecule has 0 fully saturated rings. The van der Waals surface area contributed by atoms with E-state index in [9.17, 15) is 9.59 Å². The van der Waals surface area contributed by atoms with Gasteiger partial charge < -0.3 is 20.7 Å². The molecule has 1 heterocycles. The SMILES string of the molecule is COc1cccc(Nc2c(C(=O)N(C)C)cnc3ccc(C(N)=O)cc23)c1. The highest BCUT2D eigenvalue weighted by molar-refractivity contribution is 6.09. The molecule has 0 spiro atoms. The lowest BCUT2D eigenvalue weighted by atomic mass is 10.0. The number of hydrogen-bond donors (Lipinski definition) is 2. The van der Waals surface area contributed by atoms with Gasteiger partial charge in [-0.3, -0.25) is 14.6 Å². The molecule has 0 unspecified atom stereocenters. The second-order valence-electron chi connectivity index (χ2n) is 6.20. The van der Waals surface area contributed by atoms with Crippen molar-refractivity contribution in [3.05, 3.63) is 59.8 Å². The maximum Gasteiger partial charge on any atom is 0.257 e. The predicted octanol–water partition coefficient (Wildman–Crippen LogP) is 2.79. The van der Waals surface area contributed by atoms with Crippen molar-refractivity contribution in [2.75, 3.05) is 26.5 Å². The van der Waals surface area contributed by atoms with Gasteiger partial charge in [-0.05, 0) is 30.3 Å². The Morgan fingerprint density at radius 1 is 1.15 bits per heavy atom. The number of pyridine rings is 1. The first-order valence-corrected chi connectivity index (χ1v) is 8.26. The summed E-state index contributed by atoms with van der Waals surface area (Å²) >= 11 is 0. The molecule has 0 aliphatic heterocycles. The molecule has 0 aliphatic rings. The summed E-state index contributed by atoms with van der Waals surface area (Å²) in [6.07, 6.45) is 1.52. The standard InChI is InChI=1S/C20H20N4O3/c1-24(2)20(26)16-11-22-17-8-7-12(19(21)25)9-15(17)18(16)23-13-5-4-6-14(10-13)27-3/h4-11H,1-3H3,(H2,21,25)(H,22,23). The number of methoxy groups -OCH3 is 1. The van der Waals surface area contributed by atoms with E-state index in [1.807, 2.05) is 24.3 Å². The summed E-state index contributed by atoms with van der Waals surface area (Å²) in [4.78, 5) is 30.1. The van der Waals surface area contributed by atoms with Gasteiger partial charge in [0.25, 0.3) is 5.91 Å². The van der Waals surface area contributed by atoms with E-state index in [1.54, 1.807) is 39.4 Å². The molecule has 0 atom stereocenters. The van der Waals surface area contributed by atoms with Crippen molar-refractivity contribution >= 4 is 34.1 Å². The molecule has 7 heteroatoms. The fraction of sp³-hybridized carbons (Fsp3) is 0.150. The highest BCUT2D eigenvalue weighted by atomic mass is 16.5. The largest absolute Gasteiger partial charge is 0.497 e. The van der Waals surface area contributed by atoms with E-state index in [-0.39, 0.29) is 5.91 Å². The molecule has 2 aromatic carbocycles. The highest BCUT2D eigenvalue weighted by Gasteiger charge is 2.18. The van der Waals surface area contributed by atoms with E-state index >= 15 is 0 Å². The van der Waals surface area contributed by atoms with Crippen LogP contribution in [-0.2, 0) is 0 Å². The monoisotopic (exact) mass is 364 g/mol. The molecule has 0 radical (unpaired) electrons. The van der Waals surface area contributed by atoms with Crippen molar-refractivity contribution in [3.63, 3.8) is 0 Å². The summed E-state index contributed by atoms with van der Waals surface area (Å²) in [7, 11) is 4.92. The van der Waals surface area contributed by atoms with Gasteiger partial charge in [0.1, 0.15) is 5.75 Å². The molecule has 1 aromatic heterocycles. The molecule has 2 amide bonds. The van der Waals surface area contributed by atoms with Crippen LogP contribution in [-0.4, -0.2) is 42.9 Å². The zero-order valence-electron chi connectivity index (χ0n) is 15.3. The summed E-state index contributed by atoms with van der Waals surface area (Å²) in [6, 6.07) is 12.3. The highest BCUT2D eigenvalue weighted by Crippen LogP contribution is 2.31. The maximum atomic E-state index is 12.7. The summed E-state index contributed by atoms with van der Waals surface area (Å²) < 4.78 is 5.26. The molecule has 0 bridgehead atoms. The van der Waals surface area contributed by atoms with Crippen molar-refractivity contribution in [2.45, 2.75) is 0 Å². The van der Waals surface area contributed by atoms with E-state index in [0.717, 1.165) is 5.69 Å². The Balaban J connectivity index is 2.23. The molecule has 27 heavy (non-hydrogen) atoms. The van der Waals surface area contributed by atoms with Crippen molar-refractivity contribution < 1.29 is 14.3 Å². The number of benzene rings is 2. The number of nitrogens with two attached hydrogens (primary N) is 1. The molecule has 3 aromatic rings. The second-order valence-corrected chi connectivity index (χ2v) is 6.20. The van der Waals surface area contributed by atoms with Gasteiger partial charge in [-0.25, -0.2) is 0 Å². The Hall–Kier alpha value is -3.61. The molecule has 3 N–H and O–H groups in total. The van der Waals surface area contributed by atoms with Crippen LogP contribution in [0.4, 0.5) is 11.4 Å². The van der Waals surface area contributed by atoms with Crippen molar-refractivity contribution in [1.82, 2.24) is 9.88 Å². The fourth-order valence-corrected chi connectivity index (χ4v) is 2.73. The average Bonchev–Trinajstić information content (AvgIpc) is 2.67. The lowest BCUT2D eigenvalue weighted by Gasteiger charge is -2.18. The number of carbonyl (C=O) groups is 2. The lowest BCUT2D eigenvalue weighted by molar-refractivity contribution is 0.0828. The quantitative estimate of drug-likeness (QED) is 0.725. The number of aromatic nitrogens is 1. The topological polar surface area (TPSA) is 97.6 Å². The smallest absolute Gasteiger partial charge is 0.257 e. The first-order valence-electron chi connectivity index (χ1n) is 8.26. The predicted molar refractivity (Wildman–Crippen MR) is 105 cm³/mol. The van der Waals surface area contributed by atoms with E-state index < -0.39 is 5.91 Å². The molecule has 0 saturated carbocycles. The minimum absolute atomic E-state index is 0.209. The number of nitrogens with one attached hydrogen (secondary N) is 1. The number of anilines is 2. The molecule has 0 saturated heterocycles. The molecule has 7 nitrogen and oxygen atoms in total. The third-order valence-corrected chi connectivity index (χ3v) is 4.13. The number of primary amides is 1. The van der Waals surface area contributed by atoms with Crippen LogP contribution in [0.15, 0.2) is 48.7 Å². The number of amides is 2. The Morgan fingerprint density at radius 3 is 2.59 bits per heavy atom. The molecular weight excluding hydrogens is 344 g/mol. The normalized spacial score (nSPS) is 10.5. The van der Waals surface area contributed by atoms with Crippen LogP contribution in [0.3, 0.4) is 0 Å². The third-order valence-electron chi connectivity index (χ3n) is 4.13. The first-order chi connectivity index (χ1) is 12.9. The Kier molecular flexibility index (Phi) is 4.94. The Labute approximate surface area is 156 Å². The zero-order valence-corrected chi connectivity index (χ0v) is 15.3. The number of rotatable bonds is 5. The summed E-state index contributed by atoms with van der Waals surface area (Å²) in [5, 5.41) is 3.90. The van der Waals surface area contributed by atoms with Crippen LogP contribution in [0.5, 0.6) is 5.75 Å². The van der Waals surface area contributed by atoms with E-state index in [2.05, 4.69) is 10.3 Å². The first kappa shape index (κ1) is 18.2. The van der Waals surface area contributed by atoms with Gasteiger partial charge in [0.15, 0.2) is 0 Å². The van der Waals surface area contributed by atoms with Gasteiger partial charge in [0.2, 0.25) is 5.91 Å². The van der Waals surface area contributed by atoms with Crippen LogP contribution in [0.1, 0.15) is 20.7 Å². The Bertz CT molecular complexity index is 1030. The van der Waals surface area contributed by atoms with Gasteiger partial charge in [-0.15, -0.1) is 0 Å². The van der Waals surface area contributed by atoms with E-state index in [1.165, 1.54) is 11.1 Å². The van der Waals surface area contributed by atoms with Crippen LogP contribution in [0.25, 0.3) is 10.9 Å². The van der Waals surface area contributed by atoms with Gasteiger partial charge in [0.05, 0.1) is 23.9 Å². The molecule has 0 aliphatic carbocycles. The van der Waals surface area contributed by atoms with Gasteiger partial charge in [-0.2, -0.15) is 0 Å². The number of fused-ring (bicyclic) bond motifs is 1. The molecule has 3 rings (SSSR count). The van der Waals surface area contributed by atoms with Crippen molar-refractivity contribution in [2.24, 2.45) is 5.73 Å². The second kappa shape index (κ2) is 7.33. The minimum atomic E-state index is -0.548. The maximum absolute atomic E-state index is 12.7. The lowest BCUT2D eigenvalue weighted by Crippen LogP contribution is -2.23. The van der Waals surface area contributed by atoms with Crippen LogP contribution in [0.2, 0.25) is 0 Å². The number of nitrogens with zero attached hydrogens (tertiary/aromatic N) is 2. The summed E-state index contributed by atoms with van der Waals surface area (Å²) in [6.45, 7) is 0. The number of ether oxygens (including phenoxy) is 1. The van der Waals surface area contributed by atoms with Crippen molar-refractivity contribution in [3.8, 4) is 5.75 Å². The number of hydrogen-bond acceptors (Lipinski definition) is 5. The minimum Gasteiger partial charge on any atom is -0.497 e. The van der Waals surface area contributed by atoms with E-state index in [0.29, 0.717) is 33.5 Å². The van der Waals surface area contributed by atoms with E-state index in [4.69, 9.17) is 10.5 Å².